The fourth-order valence-electron chi connectivity index (χ4n) is 0.277. The van der Waals surface area contributed by atoms with E-state index >= 15 is 0 Å². The summed E-state index contributed by atoms with van der Waals surface area (Å²) in [5.41, 5.74) is -1.13. The quantitative estimate of drug-likeness (QED) is 0.555. The van der Waals surface area contributed by atoms with Gasteiger partial charge in [-0.3, -0.25) is 4.52 Å². The molecule has 80 valence electrons. The van der Waals surface area contributed by atoms with Crippen LogP contribution in [0.4, 0.5) is 0 Å². The molecule has 0 aromatic rings. The maximum atomic E-state index is 5.60. The van der Waals surface area contributed by atoms with Crippen molar-refractivity contribution in [3.63, 3.8) is 0 Å². The van der Waals surface area contributed by atoms with Gasteiger partial charge in [0.2, 0.25) is 3.79 Å². The van der Waals surface area contributed by atoms with Gasteiger partial charge in [-0.05, 0) is 13.8 Å². The van der Waals surface area contributed by atoms with Crippen molar-refractivity contribution < 1.29 is 12.7 Å². The molecule has 0 aromatic heterocycles. The first kappa shape index (κ1) is 14.8. The van der Waals surface area contributed by atoms with E-state index in [0.717, 1.165) is 0 Å². The summed E-state index contributed by atoms with van der Waals surface area (Å²) in [6, 6.07) is 0. The number of hydrogen-bond acceptors (Lipinski definition) is 3. The minimum absolute atomic E-state index is 1.13. The topological polar surface area (TPSA) is 27.7 Å². The van der Waals surface area contributed by atoms with Gasteiger partial charge in [-0.25, -0.2) is 0 Å². The summed E-state index contributed by atoms with van der Waals surface area (Å²) in [5, 5.41) is 0. The Morgan fingerprint density at radius 3 is 1.62 bits per heavy atom. The van der Waals surface area contributed by atoms with Crippen molar-refractivity contribution in [2.24, 2.45) is 0 Å². The number of hydrogen-bond donors (Lipinski definition) is 0. The summed E-state index contributed by atoms with van der Waals surface area (Å²) in [4.78, 5) is 0. The SMILES string of the molecule is CC(C)(OP(OCl)OCl)C(Cl)(Cl)Cl. The number of alkyl halides is 3. The van der Waals surface area contributed by atoms with Gasteiger partial charge in [0, 0.05) is 0 Å². The van der Waals surface area contributed by atoms with Crippen LogP contribution in [0, 0.1) is 0 Å². The third-order valence-electron chi connectivity index (χ3n) is 1.10. The fourth-order valence-corrected chi connectivity index (χ4v) is 1.57. The van der Waals surface area contributed by atoms with Crippen LogP contribution in [-0.4, -0.2) is 9.39 Å². The van der Waals surface area contributed by atoms with Gasteiger partial charge in [-0.1, -0.05) is 34.8 Å². The van der Waals surface area contributed by atoms with Gasteiger partial charge in [0.05, 0.1) is 23.7 Å². The van der Waals surface area contributed by atoms with E-state index < -0.39 is 18.0 Å². The van der Waals surface area contributed by atoms with E-state index in [0.29, 0.717) is 0 Å². The second-order valence-electron chi connectivity index (χ2n) is 2.46. The molecule has 0 fully saturated rings. The maximum Gasteiger partial charge on any atom is 0.369 e. The van der Waals surface area contributed by atoms with E-state index in [1.807, 2.05) is 0 Å². The predicted octanol–water partition coefficient (Wildman–Crippen LogP) is 4.72. The van der Waals surface area contributed by atoms with Crippen LogP contribution in [0.2, 0.25) is 0 Å². The number of halogens is 5. The molecule has 13 heavy (non-hydrogen) atoms. The molecule has 0 atom stereocenters. The molecule has 0 aromatic carbocycles. The van der Waals surface area contributed by atoms with Gasteiger partial charge in [0.25, 0.3) is 0 Å². The highest BCUT2D eigenvalue weighted by molar-refractivity contribution is 7.43. The lowest BCUT2D eigenvalue weighted by atomic mass is 10.2. The van der Waals surface area contributed by atoms with Crippen LogP contribution >= 0.6 is 67.1 Å². The Morgan fingerprint density at radius 2 is 1.38 bits per heavy atom. The maximum absolute atomic E-state index is 5.60. The van der Waals surface area contributed by atoms with E-state index in [1.54, 1.807) is 0 Å². The summed E-state index contributed by atoms with van der Waals surface area (Å²) in [7, 11) is -1.93. The van der Waals surface area contributed by atoms with Crippen molar-refractivity contribution in [1.29, 1.82) is 0 Å². The molecular weight excluding hydrogens is 304 g/mol. The molecule has 0 unspecified atom stereocenters. The average molecular weight is 310 g/mol. The summed E-state index contributed by atoms with van der Waals surface area (Å²) in [5.74, 6) is 0. The van der Waals surface area contributed by atoms with Crippen molar-refractivity contribution in [3.8, 4) is 0 Å². The van der Waals surface area contributed by atoms with Crippen LogP contribution in [0.25, 0.3) is 0 Å². The third-order valence-corrected chi connectivity index (χ3v) is 3.97. The highest BCUT2D eigenvalue weighted by atomic mass is 35.6. The molecule has 0 aliphatic rings. The zero-order valence-electron chi connectivity index (χ0n) is 6.56. The van der Waals surface area contributed by atoms with E-state index in [1.165, 1.54) is 13.8 Å². The summed E-state index contributed by atoms with van der Waals surface area (Å²) < 4.78 is 11.9. The summed E-state index contributed by atoms with van der Waals surface area (Å²) in [6.45, 7) is 3.06. The van der Waals surface area contributed by atoms with Crippen molar-refractivity contribution in [2.45, 2.75) is 23.2 Å². The van der Waals surface area contributed by atoms with Gasteiger partial charge in [-0.15, -0.1) is 0 Å². The lowest BCUT2D eigenvalue weighted by molar-refractivity contribution is 0.102. The Balaban J connectivity index is 4.31. The van der Waals surface area contributed by atoms with Gasteiger partial charge in [0.15, 0.2) is 0 Å². The largest absolute Gasteiger partial charge is 0.369 e. The van der Waals surface area contributed by atoms with E-state index in [9.17, 15) is 0 Å². The van der Waals surface area contributed by atoms with E-state index in [2.05, 4.69) is 8.15 Å². The third kappa shape index (κ3) is 4.87. The van der Waals surface area contributed by atoms with E-state index in [-0.39, 0.29) is 0 Å². The van der Waals surface area contributed by atoms with Gasteiger partial charge < -0.3 is 0 Å². The van der Waals surface area contributed by atoms with Crippen molar-refractivity contribution in [1.82, 2.24) is 0 Å². The Hall–Kier alpha value is 1.76. The van der Waals surface area contributed by atoms with Crippen LogP contribution < -0.4 is 0 Å². The first-order valence-corrected chi connectivity index (χ1v) is 5.72. The lowest BCUT2D eigenvalue weighted by Gasteiger charge is -2.32. The molecule has 0 amide bonds. The van der Waals surface area contributed by atoms with Gasteiger partial charge >= 0.3 is 8.60 Å². The molecule has 0 heterocycles. The minimum Gasteiger partial charge on any atom is -0.300 e. The van der Waals surface area contributed by atoms with Crippen molar-refractivity contribution >= 4 is 67.1 Å². The van der Waals surface area contributed by atoms with Crippen molar-refractivity contribution in [3.05, 3.63) is 0 Å². The Bertz CT molecular complexity index is 156. The summed E-state index contributed by atoms with van der Waals surface area (Å²) >= 11 is 26.8. The molecule has 0 radical (unpaired) electrons. The van der Waals surface area contributed by atoms with Gasteiger partial charge in [0.1, 0.15) is 5.60 Å². The normalized spacial score (nSPS) is 13.8. The first-order valence-electron chi connectivity index (χ1n) is 2.88. The molecule has 0 N–H and O–H groups in total. The molecule has 0 spiro atoms. The zero-order chi connectivity index (χ0) is 10.7. The number of rotatable bonds is 4. The first-order chi connectivity index (χ1) is 5.74. The molecule has 9 heteroatoms. The Morgan fingerprint density at radius 1 is 1.00 bits per heavy atom. The minimum atomic E-state index is -1.93. The predicted molar refractivity (Wildman–Crippen MR) is 56.3 cm³/mol. The van der Waals surface area contributed by atoms with Crippen LogP contribution in [-0.2, 0) is 12.7 Å². The molecule has 0 saturated heterocycles. The standard InChI is InChI=1S/C4H6Cl5O3P/c1-3(2,4(5,6)7)10-13(11-8)12-9/h1-2H3. The fraction of sp³-hybridized carbons (Fsp3) is 1.00. The second kappa shape index (κ2) is 5.74. The Labute approximate surface area is 103 Å². The van der Waals surface area contributed by atoms with Crippen LogP contribution in [0.3, 0.4) is 0 Å². The summed E-state index contributed by atoms with van der Waals surface area (Å²) in [6.07, 6.45) is 0. The van der Waals surface area contributed by atoms with Crippen molar-refractivity contribution in [2.75, 3.05) is 0 Å². The molecule has 0 saturated carbocycles. The monoisotopic (exact) mass is 308 g/mol. The Kier molecular flexibility index (Phi) is 6.51. The van der Waals surface area contributed by atoms with E-state index in [4.69, 9.17) is 63.1 Å². The molecule has 0 aliphatic carbocycles. The molecule has 3 nitrogen and oxygen atoms in total. The van der Waals surface area contributed by atoms with Crippen LogP contribution in [0.5, 0.6) is 0 Å². The smallest absolute Gasteiger partial charge is 0.300 e. The van der Waals surface area contributed by atoms with Crippen LogP contribution in [0.15, 0.2) is 0 Å². The van der Waals surface area contributed by atoms with Gasteiger partial charge in [-0.2, -0.15) is 8.15 Å². The molecular formula is C4H6Cl5O3P. The average Bonchev–Trinajstić information content (AvgIpc) is 1.98. The molecule has 0 rings (SSSR count). The highest BCUT2D eigenvalue weighted by Gasteiger charge is 2.44. The highest BCUT2D eigenvalue weighted by Crippen LogP contribution is 2.52. The van der Waals surface area contributed by atoms with Crippen LogP contribution in [0.1, 0.15) is 13.8 Å². The molecule has 0 aliphatic heterocycles. The second-order valence-corrected chi connectivity index (χ2v) is 6.48. The zero-order valence-corrected chi connectivity index (χ0v) is 11.2. The molecule has 0 bridgehead atoms. The lowest BCUT2D eigenvalue weighted by Crippen LogP contribution is -2.37.